The van der Waals surface area contributed by atoms with Crippen molar-refractivity contribution < 1.29 is 14.6 Å². The SMILES string of the molecule is N#Cc1ccccc1-c1cccc(COc2ccc(CCC(=O)O)cc2)c1. The summed E-state index contributed by atoms with van der Waals surface area (Å²) in [6.45, 7) is 0.414. The Morgan fingerprint density at radius 2 is 1.74 bits per heavy atom. The van der Waals surface area contributed by atoms with Crippen molar-refractivity contribution in [3.8, 4) is 22.9 Å². The Balaban J connectivity index is 1.67. The van der Waals surface area contributed by atoms with E-state index < -0.39 is 5.97 Å². The number of hydrogen-bond acceptors (Lipinski definition) is 3. The Hall–Kier alpha value is -3.58. The maximum atomic E-state index is 10.6. The molecule has 0 saturated carbocycles. The molecule has 0 bridgehead atoms. The van der Waals surface area contributed by atoms with Gasteiger partial charge in [0.15, 0.2) is 0 Å². The number of hydrogen-bond donors (Lipinski definition) is 1. The number of nitrogens with zero attached hydrogens (tertiary/aromatic N) is 1. The summed E-state index contributed by atoms with van der Waals surface area (Å²) in [5.74, 6) is -0.0647. The lowest BCUT2D eigenvalue weighted by Gasteiger charge is -2.09. The maximum Gasteiger partial charge on any atom is 0.303 e. The topological polar surface area (TPSA) is 70.3 Å². The smallest absolute Gasteiger partial charge is 0.303 e. The largest absolute Gasteiger partial charge is 0.489 e. The van der Waals surface area contributed by atoms with Gasteiger partial charge in [-0.3, -0.25) is 4.79 Å². The van der Waals surface area contributed by atoms with Crippen molar-refractivity contribution in [3.63, 3.8) is 0 Å². The van der Waals surface area contributed by atoms with Crippen LogP contribution in [0.25, 0.3) is 11.1 Å². The average Bonchev–Trinajstić information content (AvgIpc) is 2.71. The van der Waals surface area contributed by atoms with E-state index in [0.29, 0.717) is 18.6 Å². The lowest BCUT2D eigenvalue weighted by molar-refractivity contribution is -0.136. The van der Waals surface area contributed by atoms with Gasteiger partial charge in [-0.15, -0.1) is 0 Å². The minimum Gasteiger partial charge on any atom is -0.489 e. The summed E-state index contributed by atoms with van der Waals surface area (Å²) in [6, 6.07) is 25.2. The van der Waals surface area contributed by atoms with Gasteiger partial charge < -0.3 is 9.84 Å². The first-order valence-corrected chi connectivity index (χ1v) is 8.67. The molecule has 0 unspecified atom stereocenters. The Labute approximate surface area is 158 Å². The zero-order chi connectivity index (χ0) is 19.1. The highest BCUT2D eigenvalue weighted by molar-refractivity contribution is 5.70. The van der Waals surface area contributed by atoms with Crippen LogP contribution in [-0.4, -0.2) is 11.1 Å². The van der Waals surface area contributed by atoms with Gasteiger partial charge in [-0.1, -0.05) is 48.5 Å². The number of rotatable bonds is 7. The van der Waals surface area contributed by atoms with Gasteiger partial charge in [-0.25, -0.2) is 0 Å². The normalized spacial score (nSPS) is 10.2. The number of carboxylic acid groups (broad SMARTS) is 1. The summed E-state index contributed by atoms with van der Waals surface area (Å²) in [6.07, 6.45) is 0.632. The molecule has 3 rings (SSSR count). The van der Waals surface area contributed by atoms with Crippen LogP contribution in [0.1, 0.15) is 23.1 Å². The van der Waals surface area contributed by atoms with Gasteiger partial charge in [0, 0.05) is 6.42 Å². The molecule has 4 nitrogen and oxygen atoms in total. The summed E-state index contributed by atoms with van der Waals surface area (Å²) in [7, 11) is 0. The first kappa shape index (κ1) is 18.2. The summed E-state index contributed by atoms with van der Waals surface area (Å²) in [4.78, 5) is 10.6. The van der Waals surface area contributed by atoms with Crippen LogP contribution < -0.4 is 4.74 Å². The van der Waals surface area contributed by atoms with Crippen molar-refractivity contribution in [2.45, 2.75) is 19.4 Å². The molecule has 3 aromatic carbocycles. The molecule has 27 heavy (non-hydrogen) atoms. The molecule has 0 radical (unpaired) electrons. The molecule has 0 saturated heterocycles. The van der Waals surface area contributed by atoms with Crippen molar-refractivity contribution in [2.24, 2.45) is 0 Å². The molecule has 0 aromatic heterocycles. The van der Waals surface area contributed by atoms with Gasteiger partial charge in [-0.05, 0) is 52.9 Å². The summed E-state index contributed by atoms with van der Waals surface area (Å²) in [5, 5.41) is 18.0. The van der Waals surface area contributed by atoms with Crippen molar-refractivity contribution in [1.29, 1.82) is 5.26 Å². The van der Waals surface area contributed by atoms with Gasteiger partial charge in [0.1, 0.15) is 12.4 Å². The molecule has 0 atom stereocenters. The third-order valence-corrected chi connectivity index (χ3v) is 4.24. The molecule has 134 valence electrons. The Morgan fingerprint density at radius 3 is 2.48 bits per heavy atom. The predicted molar refractivity (Wildman–Crippen MR) is 103 cm³/mol. The van der Waals surface area contributed by atoms with E-state index in [-0.39, 0.29) is 6.42 Å². The molecule has 3 aromatic rings. The lowest BCUT2D eigenvalue weighted by Crippen LogP contribution is -1.98. The fourth-order valence-corrected chi connectivity index (χ4v) is 2.83. The van der Waals surface area contributed by atoms with E-state index in [4.69, 9.17) is 9.84 Å². The van der Waals surface area contributed by atoms with E-state index in [1.807, 2.05) is 72.8 Å². The highest BCUT2D eigenvalue weighted by Crippen LogP contribution is 2.24. The third kappa shape index (κ3) is 4.96. The molecule has 0 fully saturated rings. The van der Waals surface area contributed by atoms with E-state index in [1.165, 1.54) is 0 Å². The predicted octanol–water partition coefficient (Wildman–Crippen LogP) is 4.82. The van der Waals surface area contributed by atoms with Gasteiger partial charge in [0.25, 0.3) is 0 Å². The summed E-state index contributed by atoms with van der Waals surface area (Å²) in [5.41, 5.74) is 4.52. The van der Waals surface area contributed by atoms with Gasteiger partial charge in [-0.2, -0.15) is 5.26 Å². The van der Waals surface area contributed by atoms with Crippen molar-refractivity contribution in [2.75, 3.05) is 0 Å². The van der Waals surface area contributed by atoms with Gasteiger partial charge >= 0.3 is 5.97 Å². The van der Waals surface area contributed by atoms with Crippen LogP contribution in [0.15, 0.2) is 72.8 Å². The van der Waals surface area contributed by atoms with E-state index in [2.05, 4.69) is 6.07 Å². The van der Waals surface area contributed by atoms with Crippen LogP contribution in [0.2, 0.25) is 0 Å². The van der Waals surface area contributed by atoms with Crippen LogP contribution in [0, 0.1) is 11.3 Å². The monoisotopic (exact) mass is 357 g/mol. The molecule has 4 heteroatoms. The molecular weight excluding hydrogens is 338 g/mol. The van der Waals surface area contributed by atoms with Crippen molar-refractivity contribution in [3.05, 3.63) is 89.5 Å². The fraction of sp³-hybridized carbons (Fsp3) is 0.130. The maximum absolute atomic E-state index is 10.6. The molecule has 0 heterocycles. The number of ether oxygens (including phenoxy) is 1. The quantitative estimate of drug-likeness (QED) is 0.658. The van der Waals surface area contributed by atoms with Crippen molar-refractivity contribution in [1.82, 2.24) is 0 Å². The Morgan fingerprint density at radius 1 is 0.963 bits per heavy atom. The van der Waals surface area contributed by atoms with E-state index in [0.717, 1.165) is 28.0 Å². The first-order valence-electron chi connectivity index (χ1n) is 8.67. The standard InChI is InChI=1S/C23H19NO3/c24-15-20-5-1-2-7-22(20)19-6-3-4-18(14-19)16-27-21-11-8-17(9-12-21)10-13-23(25)26/h1-9,11-12,14H,10,13,16H2,(H,25,26). The Kier molecular flexibility index (Phi) is 5.86. The fourth-order valence-electron chi connectivity index (χ4n) is 2.83. The number of carboxylic acids is 1. The van der Waals surface area contributed by atoms with E-state index >= 15 is 0 Å². The van der Waals surface area contributed by atoms with Crippen molar-refractivity contribution >= 4 is 5.97 Å². The van der Waals surface area contributed by atoms with Crippen LogP contribution >= 0.6 is 0 Å². The molecule has 0 aliphatic carbocycles. The second kappa shape index (κ2) is 8.68. The molecule has 0 aliphatic heterocycles. The highest BCUT2D eigenvalue weighted by atomic mass is 16.5. The van der Waals surface area contributed by atoms with Gasteiger partial charge in [0.2, 0.25) is 0 Å². The second-order valence-corrected chi connectivity index (χ2v) is 6.18. The van der Waals surface area contributed by atoms with E-state index in [9.17, 15) is 10.1 Å². The number of aryl methyl sites for hydroxylation is 1. The van der Waals surface area contributed by atoms with Crippen LogP contribution in [-0.2, 0) is 17.8 Å². The summed E-state index contributed by atoms with van der Waals surface area (Å²) < 4.78 is 5.84. The zero-order valence-electron chi connectivity index (χ0n) is 14.8. The van der Waals surface area contributed by atoms with Gasteiger partial charge in [0.05, 0.1) is 11.6 Å². The van der Waals surface area contributed by atoms with Crippen LogP contribution in [0.4, 0.5) is 0 Å². The van der Waals surface area contributed by atoms with Crippen LogP contribution in [0.5, 0.6) is 5.75 Å². The molecule has 1 N–H and O–H groups in total. The molecule has 0 spiro atoms. The highest BCUT2D eigenvalue weighted by Gasteiger charge is 2.05. The first-order chi connectivity index (χ1) is 13.2. The average molecular weight is 357 g/mol. The number of benzene rings is 3. The number of aliphatic carboxylic acids is 1. The molecular formula is C23H19NO3. The second-order valence-electron chi connectivity index (χ2n) is 6.18. The molecule has 0 aliphatic rings. The minimum atomic E-state index is -0.798. The third-order valence-electron chi connectivity index (χ3n) is 4.24. The number of nitriles is 1. The number of carbonyl (C=O) groups is 1. The molecule has 0 amide bonds. The van der Waals surface area contributed by atoms with E-state index in [1.54, 1.807) is 0 Å². The lowest BCUT2D eigenvalue weighted by atomic mass is 9.99. The summed E-state index contributed by atoms with van der Waals surface area (Å²) >= 11 is 0. The Bertz CT molecular complexity index is 971. The minimum absolute atomic E-state index is 0.122. The zero-order valence-corrected chi connectivity index (χ0v) is 14.8. The van der Waals surface area contributed by atoms with Crippen LogP contribution in [0.3, 0.4) is 0 Å².